The summed E-state index contributed by atoms with van der Waals surface area (Å²) >= 11 is 5.96. The van der Waals surface area contributed by atoms with Gasteiger partial charge in [-0.15, -0.1) is 20.2 Å². The van der Waals surface area contributed by atoms with E-state index in [1.165, 1.54) is 64.9 Å². The van der Waals surface area contributed by atoms with Gasteiger partial charge in [0.15, 0.2) is 0 Å². The maximum atomic E-state index is 11.0. The van der Waals surface area contributed by atoms with Crippen LogP contribution >= 0.6 is 38.5 Å². The molecule has 0 saturated carbocycles. The number of ether oxygens (including phenoxy) is 3. The first-order valence-electron chi connectivity index (χ1n) is 31.7. The second-order valence-corrected chi connectivity index (χ2v) is 30.7. The molecule has 0 unspecified atom stereocenters. The van der Waals surface area contributed by atoms with Crippen molar-refractivity contribution in [2.75, 3.05) is 16.4 Å². The van der Waals surface area contributed by atoms with Crippen molar-refractivity contribution in [3.63, 3.8) is 0 Å². The summed E-state index contributed by atoms with van der Waals surface area (Å²) in [6, 6.07) is 14.2. The molecule has 15 nitrogen and oxygen atoms in total. The summed E-state index contributed by atoms with van der Waals surface area (Å²) in [5.74, 6) is 5.95. The number of nitriles is 1. The first kappa shape index (κ1) is 84.3. The Bertz CT molecular complexity index is 2940. The molecule has 6 aliphatic rings. The number of phenolic OH excluding ortho intramolecular Hbond substituents is 3. The monoisotopic (exact) mass is 1650 g/mol. The van der Waals surface area contributed by atoms with E-state index in [1.807, 2.05) is 18.2 Å². The zero-order chi connectivity index (χ0) is 65.9. The molecule has 4 N–H and O–H groups in total. The smallest absolute Gasteiger partial charge is 1.00 e. The van der Waals surface area contributed by atoms with E-state index in [1.54, 1.807) is 6.07 Å². The minimum atomic E-state index is -1.50. The molecule has 3 aliphatic heterocycles. The SMILES string of the molecule is CC#N.CC1=CC[C@@H]2[C@@H](C1)c1c(O)cc(C(C)(C)CCCCBr)cc1OC2(C)C.CC1=CC[C@@H]2[C@@H](C1)c1c(O)cc(C(C)(C)CCCCI)cc1OC2(C)C.CC1=CC[C@@H]2[C@@H](C1)c1c(O)cc(C(C)(C)CCCCO[N+](=O)[O-])cc1OC2(C)C.O=[N+]([O-])O.[Ag].[I-].[Na+]. The summed E-state index contributed by atoms with van der Waals surface area (Å²) in [5.41, 5.74) is 9.83. The van der Waals surface area contributed by atoms with Gasteiger partial charge in [0.1, 0.15) is 51.3 Å². The first-order chi connectivity index (χ1) is 41.0. The van der Waals surface area contributed by atoms with Crippen molar-refractivity contribution in [3.05, 3.63) is 125 Å². The Kier molecular flexibility index (Phi) is 33.4. The van der Waals surface area contributed by atoms with Crippen molar-refractivity contribution in [2.45, 2.75) is 258 Å². The number of aromatic hydroxyl groups is 3. The van der Waals surface area contributed by atoms with Gasteiger partial charge in [0.25, 0.3) is 10.2 Å². The number of alkyl halides is 2. The fourth-order valence-electron chi connectivity index (χ4n) is 14.4. The molecule has 0 fully saturated rings. The number of rotatable bonds is 17. The molecule has 3 aromatic carbocycles. The third-order valence-electron chi connectivity index (χ3n) is 19.6. The van der Waals surface area contributed by atoms with Crippen LogP contribution in [0.1, 0.15) is 258 Å². The molecule has 6 atom stereocenters. The van der Waals surface area contributed by atoms with Crippen molar-refractivity contribution in [1.82, 2.24) is 0 Å². The van der Waals surface area contributed by atoms with Gasteiger partial charge < -0.3 is 63.6 Å². The zero-order valence-corrected chi connectivity index (χ0v) is 66.6. The quantitative estimate of drug-likeness (QED) is 0.0188. The topological polar surface area (TPSA) is 228 Å². The van der Waals surface area contributed by atoms with E-state index in [0.717, 1.165) is 109 Å². The normalized spacial score (nSPS) is 21.5. The average Bonchev–Trinajstić information content (AvgIpc) is 0.836. The van der Waals surface area contributed by atoms with E-state index in [4.69, 9.17) is 34.8 Å². The van der Waals surface area contributed by atoms with Gasteiger partial charge >= 0.3 is 29.6 Å². The van der Waals surface area contributed by atoms with E-state index in [-0.39, 0.29) is 121 Å². The molecule has 3 aliphatic carbocycles. The summed E-state index contributed by atoms with van der Waals surface area (Å²) in [6.45, 7) is 34.6. The van der Waals surface area contributed by atoms with Crippen LogP contribution in [0, 0.1) is 49.3 Å². The Balaban J connectivity index is 0.000000435. The molecule has 1 radical (unpaired) electrons. The third-order valence-corrected chi connectivity index (χ3v) is 20.9. The van der Waals surface area contributed by atoms with Crippen molar-refractivity contribution in [3.8, 4) is 40.6 Å². The molecule has 0 bridgehead atoms. The van der Waals surface area contributed by atoms with Crippen molar-refractivity contribution in [1.29, 1.82) is 5.26 Å². The van der Waals surface area contributed by atoms with Gasteiger partial charge in [-0.3, -0.25) is 0 Å². The number of phenols is 3. The first-order valence-corrected chi connectivity index (χ1v) is 34.3. The van der Waals surface area contributed by atoms with Gasteiger partial charge in [-0.25, -0.2) is 0 Å². The van der Waals surface area contributed by atoms with E-state index in [0.29, 0.717) is 53.3 Å². The molecular weight excluding hydrogens is 1550 g/mol. The maximum Gasteiger partial charge on any atom is 1.00 e. The number of halogens is 3. The molecule has 3 aromatic rings. The Labute approximate surface area is 620 Å². The minimum Gasteiger partial charge on any atom is -1.00 e. The Morgan fingerprint density at radius 2 is 0.879 bits per heavy atom. The molecule has 3 heterocycles. The van der Waals surface area contributed by atoms with Crippen LogP contribution in [-0.4, -0.2) is 63.9 Å². The number of fused-ring (bicyclic) bond motifs is 9. The Hall–Kier alpha value is -2.75. The van der Waals surface area contributed by atoms with Gasteiger partial charge in [-0.2, -0.15) is 5.26 Å². The van der Waals surface area contributed by atoms with Crippen LogP contribution < -0.4 is 67.7 Å². The Morgan fingerprint density at radius 3 is 1.14 bits per heavy atom. The van der Waals surface area contributed by atoms with E-state index in [9.17, 15) is 25.4 Å². The number of hydrogen-bond donors (Lipinski definition) is 4. The van der Waals surface area contributed by atoms with Crippen molar-refractivity contribution < 1.29 is 126 Å². The zero-order valence-electron chi connectivity index (χ0n) is 57.2. The summed E-state index contributed by atoms with van der Waals surface area (Å²) in [7, 11) is 0. The predicted octanol–water partition coefficient (Wildman–Crippen LogP) is 13.6. The van der Waals surface area contributed by atoms with E-state index in [2.05, 4.69) is 184 Å². The molecule has 0 aromatic heterocycles. The molecule has 20 heteroatoms. The summed E-state index contributed by atoms with van der Waals surface area (Å²) in [5, 5.41) is 64.4. The van der Waals surface area contributed by atoms with Gasteiger partial charge in [0, 0.05) is 86.8 Å². The summed E-state index contributed by atoms with van der Waals surface area (Å²) < 4.78 is 20.6. The van der Waals surface area contributed by atoms with Gasteiger partial charge in [0.05, 0.1) is 12.7 Å². The summed E-state index contributed by atoms with van der Waals surface area (Å²) in [6.07, 6.45) is 22.4. The van der Waals surface area contributed by atoms with Crippen LogP contribution in [0.25, 0.3) is 0 Å². The summed E-state index contributed by atoms with van der Waals surface area (Å²) in [4.78, 5) is 23.0. The second-order valence-electron chi connectivity index (χ2n) is 28.9. The third kappa shape index (κ3) is 22.4. The molecular formula is C71H103AgBrI2N3NaO12. The van der Waals surface area contributed by atoms with Crippen LogP contribution in [0.5, 0.6) is 34.5 Å². The average molecular weight is 1660 g/mol. The number of unbranched alkanes of at least 4 members (excludes halogenated alkanes) is 3. The van der Waals surface area contributed by atoms with Gasteiger partial charge in [-0.05, 0) is 213 Å². The predicted molar refractivity (Wildman–Crippen MR) is 362 cm³/mol. The van der Waals surface area contributed by atoms with Crippen molar-refractivity contribution >= 4 is 38.5 Å². The van der Waals surface area contributed by atoms with Crippen LogP contribution in [0.3, 0.4) is 0 Å². The second kappa shape index (κ2) is 36.0. The van der Waals surface area contributed by atoms with Crippen LogP contribution in [0.4, 0.5) is 0 Å². The van der Waals surface area contributed by atoms with Crippen LogP contribution in [0.15, 0.2) is 71.3 Å². The fraction of sp³-hybridized carbons (Fsp3) is 0.648. The molecule has 91 heavy (non-hydrogen) atoms. The van der Waals surface area contributed by atoms with E-state index >= 15 is 0 Å². The maximum absolute atomic E-state index is 11.0. The molecule has 0 saturated heterocycles. The number of nitrogens with zero attached hydrogens (tertiary/aromatic N) is 3. The molecule has 0 spiro atoms. The van der Waals surface area contributed by atoms with Crippen molar-refractivity contribution in [2.24, 2.45) is 17.8 Å². The molecule has 9 rings (SSSR count). The van der Waals surface area contributed by atoms with Crippen LogP contribution in [-0.2, 0) is 43.5 Å². The number of hydrogen-bond acceptors (Lipinski definition) is 12. The molecule has 507 valence electrons. The molecule has 0 amide bonds. The number of allylic oxidation sites excluding steroid dienone is 6. The number of benzene rings is 3. The minimum absolute atomic E-state index is 0. The van der Waals surface area contributed by atoms with Crippen LogP contribution in [0.2, 0.25) is 0 Å². The van der Waals surface area contributed by atoms with Gasteiger partial charge in [-0.1, -0.05) is 134 Å². The fourth-order valence-corrected chi connectivity index (χ4v) is 15.4. The Morgan fingerprint density at radius 1 is 0.604 bits per heavy atom. The standard InChI is InChI=1S/C23H33BrO2.C23H33IO2.C23H33NO5.C2H3N.Ag.HI.HNO3.Na/c2*1-15-8-9-18-17(12-15)21-19(25)13-16(14-20(21)26-23(18,4)5)22(2,3)10-6-7-11-24;1-15-8-9-18-17(12-15)21-19(25)13-16(14-20(21)29-23(18,4)5)22(2,3)10-6-7-11-28-24(26)27;1-2-3;;;2-1(3)4;/h2*8,13-14,17-18,25H,6-7,9-12H2,1-5H3;8,13-14,17-18,25H,6-7,9-12H2,1-5H3;1H3;;1H;(H,2,3,4);/q;;;;;;;+1/p-1/t3*17-,18-;;;;;/m111...../s1. The van der Waals surface area contributed by atoms with E-state index < -0.39 is 10.2 Å². The largest absolute Gasteiger partial charge is 1.00 e. The van der Waals surface area contributed by atoms with Gasteiger partial charge in [0.2, 0.25) is 0 Å².